The molecular weight excluding hydrogens is 442 g/mol. The predicted octanol–water partition coefficient (Wildman–Crippen LogP) is 6.74. The van der Waals surface area contributed by atoms with Crippen LogP contribution in [-0.2, 0) is 6.54 Å². The molecule has 160 valence electrons. The van der Waals surface area contributed by atoms with Crippen LogP contribution in [0.15, 0.2) is 77.5 Å². The van der Waals surface area contributed by atoms with Crippen LogP contribution in [0.1, 0.15) is 31.8 Å². The first kappa shape index (κ1) is 21.8. The van der Waals surface area contributed by atoms with E-state index in [1.165, 1.54) is 17.7 Å². The molecule has 32 heavy (non-hydrogen) atoms. The number of phenols is 1. The van der Waals surface area contributed by atoms with Gasteiger partial charge in [0.05, 0.1) is 17.1 Å². The Labute approximate surface area is 195 Å². The first-order valence-electron chi connectivity index (χ1n) is 9.94. The van der Waals surface area contributed by atoms with Crippen molar-refractivity contribution in [3.63, 3.8) is 0 Å². The minimum Gasteiger partial charge on any atom is -0.506 e. The number of amides is 1. The van der Waals surface area contributed by atoms with Gasteiger partial charge in [-0.1, -0.05) is 53.6 Å². The quantitative estimate of drug-likeness (QED) is 0.323. The second kappa shape index (κ2) is 9.39. The standard InChI is InChI=1S/C26H20ClNO3S/c1-17-2-4-19(5-3-17)20-6-8-22(9-7-20)28(14-18-10-11-32-16-18)26(31)23-13-24(27)25(30)12-21(23)15-29/h2-13,15-16,30H,14H2,1H3. The molecule has 0 radical (unpaired) electrons. The average molecular weight is 462 g/mol. The molecule has 4 aromatic rings. The van der Waals surface area contributed by atoms with E-state index in [4.69, 9.17) is 11.6 Å². The summed E-state index contributed by atoms with van der Waals surface area (Å²) in [7, 11) is 0. The fraction of sp³-hybridized carbons (Fsp3) is 0.0769. The molecule has 0 bridgehead atoms. The van der Waals surface area contributed by atoms with E-state index in [0.29, 0.717) is 18.5 Å². The van der Waals surface area contributed by atoms with Crippen molar-refractivity contribution in [2.45, 2.75) is 13.5 Å². The molecule has 0 aliphatic carbocycles. The van der Waals surface area contributed by atoms with Crippen molar-refractivity contribution < 1.29 is 14.7 Å². The molecule has 0 atom stereocenters. The Hall–Kier alpha value is -3.41. The monoisotopic (exact) mass is 461 g/mol. The van der Waals surface area contributed by atoms with Crippen LogP contribution in [0.2, 0.25) is 5.02 Å². The van der Waals surface area contributed by atoms with Crippen LogP contribution in [-0.4, -0.2) is 17.3 Å². The Balaban J connectivity index is 1.73. The van der Waals surface area contributed by atoms with Gasteiger partial charge >= 0.3 is 0 Å². The molecule has 0 spiro atoms. The van der Waals surface area contributed by atoms with Gasteiger partial charge in [-0.3, -0.25) is 9.59 Å². The van der Waals surface area contributed by atoms with Crippen molar-refractivity contribution in [1.29, 1.82) is 0 Å². The lowest BCUT2D eigenvalue weighted by Gasteiger charge is -2.24. The van der Waals surface area contributed by atoms with Gasteiger partial charge in [0, 0.05) is 11.3 Å². The lowest BCUT2D eigenvalue weighted by Crippen LogP contribution is -2.31. The molecule has 0 saturated heterocycles. The van der Waals surface area contributed by atoms with Gasteiger partial charge in [-0.05, 0) is 64.7 Å². The third kappa shape index (κ3) is 4.59. The highest BCUT2D eigenvalue weighted by Gasteiger charge is 2.23. The lowest BCUT2D eigenvalue weighted by atomic mass is 10.0. The fourth-order valence-corrected chi connectivity index (χ4v) is 4.25. The van der Waals surface area contributed by atoms with Gasteiger partial charge in [-0.15, -0.1) is 0 Å². The van der Waals surface area contributed by atoms with E-state index in [9.17, 15) is 14.7 Å². The Morgan fingerprint density at radius 2 is 1.69 bits per heavy atom. The van der Waals surface area contributed by atoms with Gasteiger partial charge in [-0.2, -0.15) is 11.3 Å². The van der Waals surface area contributed by atoms with Crippen LogP contribution in [0, 0.1) is 6.92 Å². The summed E-state index contributed by atoms with van der Waals surface area (Å²) in [5.41, 5.74) is 5.21. The minimum atomic E-state index is -0.372. The summed E-state index contributed by atoms with van der Waals surface area (Å²) in [6.07, 6.45) is 0.548. The van der Waals surface area contributed by atoms with E-state index in [1.807, 2.05) is 48.0 Å². The number of phenolic OH excluding ortho intramolecular Hbond substituents is 1. The lowest BCUT2D eigenvalue weighted by molar-refractivity contribution is 0.0978. The fourth-order valence-electron chi connectivity index (χ4n) is 3.43. The number of rotatable bonds is 6. The molecule has 4 rings (SSSR count). The van der Waals surface area contributed by atoms with E-state index in [1.54, 1.807) is 16.2 Å². The maximum absolute atomic E-state index is 13.5. The van der Waals surface area contributed by atoms with E-state index in [2.05, 4.69) is 24.3 Å². The average Bonchev–Trinajstić information content (AvgIpc) is 3.32. The number of carbonyl (C=O) groups is 2. The van der Waals surface area contributed by atoms with Crippen molar-refractivity contribution >= 4 is 40.8 Å². The molecule has 1 aromatic heterocycles. The maximum atomic E-state index is 13.5. The topological polar surface area (TPSA) is 57.6 Å². The number of benzene rings is 3. The molecule has 1 N–H and O–H groups in total. The molecule has 0 aliphatic heterocycles. The molecule has 1 amide bonds. The highest BCUT2D eigenvalue weighted by atomic mass is 35.5. The molecular formula is C26H20ClNO3S. The molecule has 0 fully saturated rings. The summed E-state index contributed by atoms with van der Waals surface area (Å²) >= 11 is 7.59. The summed E-state index contributed by atoms with van der Waals surface area (Å²) in [6, 6.07) is 20.5. The first-order valence-corrected chi connectivity index (χ1v) is 11.3. The van der Waals surface area contributed by atoms with Crippen LogP contribution in [0.25, 0.3) is 11.1 Å². The minimum absolute atomic E-state index is 0.0177. The van der Waals surface area contributed by atoms with Gasteiger partial charge < -0.3 is 10.0 Å². The number of hydrogen-bond donors (Lipinski definition) is 1. The van der Waals surface area contributed by atoms with Gasteiger partial charge in [0.15, 0.2) is 6.29 Å². The Morgan fingerprint density at radius 3 is 2.28 bits per heavy atom. The number of aldehydes is 1. The number of hydrogen-bond acceptors (Lipinski definition) is 4. The van der Waals surface area contributed by atoms with Crippen LogP contribution < -0.4 is 4.90 Å². The van der Waals surface area contributed by atoms with Crippen molar-refractivity contribution in [2.24, 2.45) is 0 Å². The second-order valence-corrected chi connectivity index (χ2v) is 8.63. The molecule has 0 saturated carbocycles. The molecule has 4 nitrogen and oxygen atoms in total. The third-order valence-corrected chi connectivity index (χ3v) is 6.24. The summed E-state index contributed by atoms with van der Waals surface area (Å²) in [5.74, 6) is -0.611. The van der Waals surface area contributed by atoms with Crippen LogP contribution in [0.4, 0.5) is 5.69 Å². The number of aromatic hydroxyl groups is 1. The molecule has 3 aromatic carbocycles. The third-order valence-electron chi connectivity index (χ3n) is 5.21. The zero-order chi connectivity index (χ0) is 22.7. The number of anilines is 1. The van der Waals surface area contributed by atoms with Crippen molar-refractivity contribution in [3.05, 3.63) is 105 Å². The summed E-state index contributed by atoms with van der Waals surface area (Å²) in [6.45, 7) is 2.38. The van der Waals surface area contributed by atoms with Crippen LogP contribution >= 0.6 is 22.9 Å². The zero-order valence-electron chi connectivity index (χ0n) is 17.3. The maximum Gasteiger partial charge on any atom is 0.259 e. The molecule has 0 unspecified atom stereocenters. The number of thiophene rings is 1. The van der Waals surface area contributed by atoms with E-state index < -0.39 is 0 Å². The Bertz CT molecular complexity index is 1250. The Morgan fingerprint density at radius 1 is 1.03 bits per heavy atom. The van der Waals surface area contributed by atoms with Gasteiger partial charge in [0.25, 0.3) is 5.91 Å². The normalized spacial score (nSPS) is 10.7. The van der Waals surface area contributed by atoms with Crippen LogP contribution in [0.5, 0.6) is 5.75 Å². The van der Waals surface area contributed by atoms with E-state index in [-0.39, 0.29) is 27.8 Å². The SMILES string of the molecule is Cc1ccc(-c2ccc(N(Cc3ccsc3)C(=O)c3cc(Cl)c(O)cc3C=O)cc2)cc1. The van der Waals surface area contributed by atoms with Crippen molar-refractivity contribution in [1.82, 2.24) is 0 Å². The Kier molecular flexibility index (Phi) is 6.40. The van der Waals surface area contributed by atoms with Gasteiger partial charge in [-0.25, -0.2) is 0 Å². The zero-order valence-corrected chi connectivity index (χ0v) is 18.9. The first-order chi connectivity index (χ1) is 15.5. The predicted molar refractivity (Wildman–Crippen MR) is 130 cm³/mol. The number of nitrogens with zero attached hydrogens (tertiary/aromatic N) is 1. The van der Waals surface area contributed by atoms with E-state index in [0.717, 1.165) is 16.7 Å². The van der Waals surface area contributed by atoms with Crippen molar-refractivity contribution in [2.75, 3.05) is 4.90 Å². The highest BCUT2D eigenvalue weighted by Crippen LogP contribution is 2.30. The molecule has 1 heterocycles. The van der Waals surface area contributed by atoms with E-state index >= 15 is 0 Å². The van der Waals surface area contributed by atoms with Gasteiger partial charge in [0.1, 0.15) is 5.75 Å². The summed E-state index contributed by atoms with van der Waals surface area (Å²) in [5, 5.41) is 13.8. The number of halogens is 1. The summed E-state index contributed by atoms with van der Waals surface area (Å²) in [4.78, 5) is 26.7. The number of carbonyl (C=O) groups excluding carboxylic acids is 2. The molecule has 6 heteroatoms. The van der Waals surface area contributed by atoms with Crippen LogP contribution in [0.3, 0.4) is 0 Å². The van der Waals surface area contributed by atoms with Crippen molar-refractivity contribution in [3.8, 4) is 16.9 Å². The summed E-state index contributed by atoms with van der Waals surface area (Å²) < 4.78 is 0. The smallest absolute Gasteiger partial charge is 0.259 e. The number of aryl methyl sites for hydroxylation is 1. The second-order valence-electron chi connectivity index (χ2n) is 7.44. The van der Waals surface area contributed by atoms with Gasteiger partial charge in [0.2, 0.25) is 0 Å². The molecule has 0 aliphatic rings. The highest BCUT2D eigenvalue weighted by molar-refractivity contribution is 7.07. The largest absolute Gasteiger partial charge is 0.506 e.